The Balaban J connectivity index is 0.000000360. The molecular formula is C24H27BrF3N5O2. The molecule has 3 aromatic rings. The highest BCUT2D eigenvalue weighted by Gasteiger charge is 2.24. The van der Waals surface area contributed by atoms with E-state index in [1.807, 2.05) is 6.92 Å². The Morgan fingerprint density at radius 1 is 1.11 bits per heavy atom. The number of nitrogens with two attached hydrogens (primary N) is 1. The summed E-state index contributed by atoms with van der Waals surface area (Å²) >= 11 is 3.00. The quantitative estimate of drug-likeness (QED) is 0.281. The van der Waals surface area contributed by atoms with Crippen molar-refractivity contribution in [2.45, 2.75) is 46.1 Å². The van der Waals surface area contributed by atoms with E-state index in [1.54, 1.807) is 25.3 Å². The second-order valence-electron chi connectivity index (χ2n) is 8.53. The lowest BCUT2D eigenvalue weighted by molar-refractivity contribution is 0.111. The topological polar surface area (TPSA) is 104 Å². The molecule has 0 saturated carbocycles. The normalized spacial score (nSPS) is 12.7. The summed E-state index contributed by atoms with van der Waals surface area (Å²) in [7, 11) is 0. The van der Waals surface area contributed by atoms with Crippen LogP contribution in [-0.2, 0) is 0 Å². The molecule has 11 heteroatoms. The molecule has 3 aromatic heterocycles. The SMILES string of the molecule is Cc1nccc(-c2ccc(OC[C@@](C)(N)CC(C)C)c(C(F)F)n2)n1.O=Cc1nc(Br)ccc1F. The van der Waals surface area contributed by atoms with Gasteiger partial charge < -0.3 is 10.5 Å². The highest BCUT2D eigenvalue weighted by atomic mass is 79.9. The van der Waals surface area contributed by atoms with E-state index in [2.05, 4.69) is 49.7 Å². The fourth-order valence-corrected chi connectivity index (χ4v) is 3.56. The van der Waals surface area contributed by atoms with Crippen LogP contribution in [0.15, 0.2) is 41.1 Å². The van der Waals surface area contributed by atoms with Crippen LogP contribution in [0.3, 0.4) is 0 Å². The lowest BCUT2D eigenvalue weighted by Crippen LogP contribution is -2.43. The Labute approximate surface area is 210 Å². The molecule has 0 bridgehead atoms. The predicted molar refractivity (Wildman–Crippen MR) is 130 cm³/mol. The summed E-state index contributed by atoms with van der Waals surface area (Å²) in [6, 6.07) is 7.35. The number of ether oxygens (including phenoxy) is 1. The molecule has 0 radical (unpaired) electrons. The molecule has 1 atom stereocenters. The number of aldehydes is 1. The van der Waals surface area contributed by atoms with Gasteiger partial charge in [-0.25, -0.2) is 33.1 Å². The predicted octanol–water partition coefficient (Wildman–Crippen LogP) is 5.72. The zero-order valence-electron chi connectivity index (χ0n) is 19.8. The molecule has 0 unspecified atom stereocenters. The van der Waals surface area contributed by atoms with Gasteiger partial charge in [0.1, 0.15) is 34.2 Å². The lowest BCUT2D eigenvalue weighted by atomic mass is 9.93. The van der Waals surface area contributed by atoms with Crippen LogP contribution in [0, 0.1) is 18.7 Å². The largest absolute Gasteiger partial charge is 0.490 e. The highest BCUT2D eigenvalue weighted by molar-refractivity contribution is 9.10. The van der Waals surface area contributed by atoms with Crippen molar-refractivity contribution in [3.63, 3.8) is 0 Å². The van der Waals surface area contributed by atoms with Gasteiger partial charge >= 0.3 is 0 Å². The van der Waals surface area contributed by atoms with E-state index >= 15 is 0 Å². The van der Waals surface area contributed by atoms with Crippen molar-refractivity contribution in [1.82, 2.24) is 19.9 Å². The molecule has 0 aliphatic rings. The van der Waals surface area contributed by atoms with E-state index in [-0.39, 0.29) is 18.1 Å². The Morgan fingerprint density at radius 2 is 1.80 bits per heavy atom. The molecule has 0 aromatic carbocycles. The van der Waals surface area contributed by atoms with Crippen LogP contribution < -0.4 is 10.5 Å². The molecule has 0 saturated heterocycles. The maximum Gasteiger partial charge on any atom is 0.284 e. The van der Waals surface area contributed by atoms with Crippen molar-refractivity contribution in [3.8, 4) is 17.1 Å². The minimum Gasteiger partial charge on any atom is -0.490 e. The number of pyridine rings is 2. The van der Waals surface area contributed by atoms with Crippen molar-refractivity contribution in [2.75, 3.05) is 6.61 Å². The number of rotatable bonds is 8. The number of halogens is 4. The average Bonchev–Trinajstić information content (AvgIpc) is 2.78. The smallest absolute Gasteiger partial charge is 0.284 e. The standard InChI is InChI=1S/C18H24F2N4O.C6H3BrFNO/c1-11(2)9-18(4,21)10-25-15-6-5-13(24-16(15)17(19)20)14-7-8-22-12(3)23-14;7-6-2-1-4(8)5(3-10)9-6/h5-8,11,17H,9-10,21H2,1-4H3;1-3H/t18-;/m0./s1. The summed E-state index contributed by atoms with van der Waals surface area (Å²) in [6.45, 7) is 7.82. The molecule has 0 fully saturated rings. The summed E-state index contributed by atoms with van der Waals surface area (Å²) < 4.78 is 45.3. The van der Waals surface area contributed by atoms with E-state index in [0.717, 1.165) is 6.42 Å². The van der Waals surface area contributed by atoms with Crippen molar-refractivity contribution in [2.24, 2.45) is 11.7 Å². The third-order valence-corrected chi connectivity index (χ3v) is 4.96. The molecule has 7 nitrogen and oxygen atoms in total. The summed E-state index contributed by atoms with van der Waals surface area (Å²) in [4.78, 5) is 25.9. The fourth-order valence-electron chi connectivity index (χ4n) is 3.23. The number of carbonyl (C=O) groups is 1. The summed E-state index contributed by atoms with van der Waals surface area (Å²) in [5.41, 5.74) is 5.84. The molecule has 188 valence electrons. The summed E-state index contributed by atoms with van der Waals surface area (Å²) in [5.74, 6) is 0.378. The number of hydrogen-bond donors (Lipinski definition) is 1. The Bertz CT molecular complexity index is 1150. The van der Waals surface area contributed by atoms with Gasteiger partial charge in [-0.3, -0.25) is 4.79 Å². The summed E-state index contributed by atoms with van der Waals surface area (Å²) in [5, 5.41) is 0. The molecular weight excluding hydrogens is 527 g/mol. The molecule has 0 aliphatic heterocycles. The third-order valence-electron chi connectivity index (χ3n) is 4.51. The first-order valence-corrected chi connectivity index (χ1v) is 11.5. The van der Waals surface area contributed by atoms with E-state index in [1.165, 1.54) is 18.2 Å². The number of aromatic nitrogens is 4. The molecule has 3 heterocycles. The molecule has 0 amide bonds. The van der Waals surface area contributed by atoms with Gasteiger partial charge in [-0.2, -0.15) is 0 Å². The second kappa shape index (κ2) is 12.7. The maximum absolute atomic E-state index is 13.4. The number of alkyl halides is 2. The monoisotopic (exact) mass is 553 g/mol. The number of carbonyl (C=O) groups excluding carboxylic acids is 1. The Kier molecular flexibility index (Phi) is 10.3. The van der Waals surface area contributed by atoms with Crippen LogP contribution in [0.2, 0.25) is 0 Å². The number of aryl methyl sites for hydroxylation is 1. The summed E-state index contributed by atoms with van der Waals surface area (Å²) in [6.07, 6.45) is -0.0903. The van der Waals surface area contributed by atoms with Crippen LogP contribution in [0.1, 0.15) is 55.6 Å². The van der Waals surface area contributed by atoms with Crippen LogP contribution >= 0.6 is 15.9 Å². The van der Waals surface area contributed by atoms with Crippen LogP contribution in [-0.4, -0.2) is 38.4 Å². The number of hydrogen-bond acceptors (Lipinski definition) is 7. The average molecular weight is 554 g/mol. The van der Waals surface area contributed by atoms with Crippen molar-refractivity contribution in [1.29, 1.82) is 0 Å². The highest BCUT2D eigenvalue weighted by Crippen LogP contribution is 2.30. The van der Waals surface area contributed by atoms with Gasteiger partial charge in [-0.05, 0) is 72.4 Å². The minimum absolute atomic E-state index is 0.0463. The van der Waals surface area contributed by atoms with Gasteiger partial charge in [0.05, 0.1) is 11.4 Å². The number of nitrogens with zero attached hydrogens (tertiary/aromatic N) is 4. The minimum atomic E-state index is -2.76. The Hall–Kier alpha value is -2.92. The first kappa shape index (κ1) is 28.3. The third kappa shape index (κ3) is 8.99. The molecule has 0 spiro atoms. The zero-order valence-corrected chi connectivity index (χ0v) is 21.4. The molecule has 0 aliphatic carbocycles. The van der Waals surface area contributed by atoms with E-state index < -0.39 is 23.5 Å². The molecule has 2 N–H and O–H groups in total. The first-order valence-electron chi connectivity index (χ1n) is 10.7. The van der Waals surface area contributed by atoms with Gasteiger partial charge in [0, 0.05) is 11.7 Å². The Morgan fingerprint density at radius 3 is 2.37 bits per heavy atom. The van der Waals surface area contributed by atoms with Crippen molar-refractivity contribution in [3.05, 3.63) is 64.2 Å². The van der Waals surface area contributed by atoms with E-state index in [9.17, 15) is 18.0 Å². The van der Waals surface area contributed by atoms with Crippen molar-refractivity contribution >= 4 is 22.2 Å². The molecule has 3 rings (SSSR count). The fraction of sp³-hybridized carbons (Fsp3) is 0.375. The van der Waals surface area contributed by atoms with Gasteiger partial charge in [0.15, 0.2) is 12.1 Å². The zero-order chi connectivity index (χ0) is 26.2. The van der Waals surface area contributed by atoms with Gasteiger partial charge in [0.2, 0.25) is 0 Å². The van der Waals surface area contributed by atoms with Crippen LogP contribution in [0.25, 0.3) is 11.4 Å². The lowest BCUT2D eigenvalue weighted by Gasteiger charge is -2.27. The first-order chi connectivity index (χ1) is 16.4. The maximum atomic E-state index is 13.4. The van der Waals surface area contributed by atoms with Crippen LogP contribution in [0.5, 0.6) is 5.75 Å². The van der Waals surface area contributed by atoms with Crippen molar-refractivity contribution < 1.29 is 22.7 Å². The molecule has 35 heavy (non-hydrogen) atoms. The van der Waals surface area contributed by atoms with E-state index in [4.69, 9.17) is 10.5 Å². The van der Waals surface area contributed by atoms with Gasteiger partial charge in [-0.1, -0.05) is 13.8 Å². The van der Waals surface area contributed by atoms with Crippen LogP contribution in [0.4, 0.5) is 13.2 Å². The van der Waals surface area contributed by atoms with Gasteiger partial charge in [0.25, 0.3) is 6.43 Å². The van der Waals surface area contributed by atoms with E-state index in [0.29, 0.717) is 34.0 Å². The second-order valence-corrected chi connectivity index (χ2v) is 9.34. The van der Waals surface area contributed by atoms with Gasteiger partial charge in [-0.15, -0.1) is 0 Å².